The van der Waals surface area contributed by atoms with Gasteiger partial charge in [-0.05, 0) is 44.1 Å². The Morgan fingerprint density at radius 2 is 1.96 bits per heavy atom. The number of rotatable bonds is 9. The maximum atomic E-state index is 11.9. The molecular formula is C21H35N5OS. The SMILES string of the molecule is CSC1CCC(NC(=NCC(=O)N(C)C)NCCCN(C)c2ccccc2)C1. The van der Waals surface area contributed by atoms with Crippen LogP contribution in [0.4, 0.5) is 5.69 Å². The van der Waals surface area contributed by atoms with Gasteiger partial charge >= 0.3 is 0 Å². The van der Waals surface area contributed by atoms with Crippen molar-refractivity contribution < 1.29 is 4.79 Å². The highest BCUT2D eigenvalue weighted by molar-refractivity contribution is 7.99. The van der Waals surface area contributed by atoms with Gasteiger partial charge in [0.25, 0.3) is 0 Å². The molecule has 1 aromatic rings. The number of benzene rings is 1. The van der Waals surface area contributed by atoms with Crippen molar-refractivity contribution in [1.82, 2.24) is 15.5 Å². The fourth-order valence-corrected chi connectivity index (χ4v) is 4.05. The summed E-state index contributed by atoms with van der Waals surface area (Å²) in [6.45, 7) is 1.95. The third kappa shape index (κ3) is 7.62. The predicted octanol–water partition coefficient (Wildman–Crippen LogP) is 2.42. The van der Waals surface area contributed by atoms with E-state index in [0.717, 1.165) is 43.6 Å². The van der Waals surface area contributed by atoms with E-state index >= 15 is 0 Å². The molecule has 2 unspecified atom stereocenters. The van der Waals surface area contributed by atoms with Gasteiger partial charge in [0.2, 0.25) is 5.91 Å². The van der Waals surface area contributed by atoms with Gasteiger partial charge < -0.3 is 20.4 Å². The number of nitrogens with one attached hydrogen (secondary N) is 2. The molecule has 0 heterocycles. The Bertz CT molecular complexity index is 622. The summed E-state index contributed by atoms with van der Waals surface area (Å²) in [4.78, 5) is 20.3. The number of thioether (sulfide) groups is 1. The number of aliphatic imine (C=N–C) groups is 1. The third-order valence-corrected chi connectivity index (χ3v) is 6.18. The average Bonchev–Trinajstić information content (AvgIpc) is 3.16. The zero-order chi connectivity index (χ0) is 20.4. The van der Waals surface area contributed by atoms with E-state index in [0.29, 0.717) is 6.04 Å². The van der Waals surface area contributed by atoms with Gasteiger partial charge in [-0.1, -0.05) is 18.2 Å². The van der Waals surface area contributed by atoms with Gasteiger partial charge in [-0.15, -0.1) is 0 Å². The van der Waals surface area contributed by atoms with Crippen molar-refractivity contribution in [2.75, 3.05) is 51.9 Å². The van der Waals surface area contributed by atoms with Gasteiger partial charge in [0.1, 0.15) is 6.54 Å². The van der Waals surface area contributed by atoms with Crippen molar-refractivity contribution >= 4 is 29.3 Å². The number of para-hydroxylation sites is 1. The van der Waals surface area contributed by atoms with Gasteiger partial charge in [0.15, 0.2) is 5.96 Å². The molecule has 1 aromatic carbocycles. The molecule has 0 aromatic heterocycles. The van der Waals surface area contributed by atoms with E-state index < -0.39 is 0 Å². The molecule has 1 fully saturated rings. The van der Waals surface area contributed by atoms with E-state index in [4.69, 9.17) is 0 Å². The number of guanidine groups is 1. The molecule has 0 bridgehead atoms. The highest BCUT2D eigenvalue weighted by Gasteiger charge is 2.24. The summed E-state index contributed by atoms with van der Waals surface area (Å²) in [5.74, 6) is 0.766. The van der Waals surface area contributed by atoms with E-state index in [1.807, 2.05) is 17.8 Å². The standard InChI is InChI=1S/C21H35N5OS/c1-25(2)20(27)16-23-21(24-17-11-12-19(15-17)28-4)22-13-8-14-26(3)18-9-6-5-7-10-18/h5-7,9-10,17,19H,8,11-16H2,1-4H3,(H2,22,23,24). The van der Waals surface area contributed by atoms with Gasteiger partial charge in [0, 0.05) is 51.2 Å². The first-order valence-corrected chi connectivity index (χ1v) is 11.3. The summed E-state index contributed by atoms with van der Waals surface area (Å²) in [6, 6.07) is 10.8. The average molecular weight is 406 g/mol. The lowest BCUT2D eigenvalue weighted by atomic mass is 10.2. The Hall–Kier alpha value is -1.89. The Labute approximate surface area is 174 Å². The molecule has 156 valence electrons. The maximum Gasteiger partial charge on any atom is 0.243 e. The number of hydrogen-bond donors (Lipinski definition) is 2. The second-order valence-corrected chi connectivity index (χ2v) is 8.64. The van der Waals surface area contributed by atoms with Crippen LogP contribution in [-0.4, -0.2) is 75.1 Å². The number of nitrogens with zero attached hydrogens (tertiary/aromatic N) is 3. The molecule has 6 nitrogen and oxygen atoms in total. The number of hydrogen-bond acceptors (Lipinski definition) is 4. The third-order valence-electron chi connectivity index (χ3n) is 5.09. The van der Waals surface area contributed by atoms with Crippen LogP contribution < -0.4 is 15.5 Å². The fraction of sp³-hybridized carbons (Fsp3) is 0.619. The molecule has 1 aliphatic carbocycles. The smallest absolute Gasteiger partial charge is 0.243 e. The topological polar surface area (TPSA) is 60.0 Å². The number of likely N-dealkylation sites (N-methyl/N-ethyl adjacent to an activating group) is 1. The zero-order valence-corrected chi connectivity index (χ0v) is 18.5. The molecule has 2 rings (SSSR count). The highest BCUT2D eigenvalue weighted by atomic mass is 32.2. The predicted molar refractivity (Wildman–Crippen MR) is 121 cm³/mol. The first-order valence-electron chi connectivity index (χ1n) is 10.0. The second-order valence-electron chi connectivity index (χ2n) is 7.50. The molecular weight excluding hydrogens is 370 g/mol. The lowest BCUT2D eigenvalue weighted by Crippen LogP contribution is -2.44. The van der Waals surface area contributed by atoms with Crippen molar-refractivity contribution in [3.05, 3.63) is 30.3 Å². The molecule has 1 aliphatic rings. The molecule has 0 saturated heterocycles. The van der Waals surface area contributed by atoms with Gasteiger partial charge in [-0.2, -0.15) is 11.8 Å². The Morgan fingerprint density at radius 3 is 2.61 bits per heavy atom. The van der Waals surface area contributed by atoms with Crippen molar-refractivity contribution in [1.29, 1.82) is 0 Å². The van der Waals surface area contributed by atoms with Crippen molar-refractivity contribution in [2.45, 2.75) is 37.0 Å². The minimum Gasteiger partial charge on any atom is -0.375 e. The first kappa shape index (κ1) is 22.4. The van der Waals surface area contributed by atoms with Crippen LogP contribution in [0.5, 0.6) is 0 Å². The number of carbonyl (C=O) groups excluding carboxylic acids is 1. The Balaban J connectivity index is 1.82. The van der Waals surface area contributed by atoms with E-state index in [9.17, 15) is 4.79 Å². The minimum atomic E-state index is 0.0123. The number of carbonyl (C=O) groups is 1. The van der Waals surface area contributed by atoms with E-state index in [1.54, 1.807) is 19.0 Å². The zero-order valence-electron chi connectivity index (χ0n) is 17.6. The molecule has 28 heavy (non-hydrogen) atoms. The normalized spacial score (nSPS) is 19.4. The largest absolute Gasteiger partial charge is 0.375 e. The van der Waals surface area contributed by atoms with Crippen molar-refractivity contribution in [3.8, 4) is 0 Å². The highest BCUT2D eigenvalue weighted by Crippen LogP contribution is 2.28. The van der Waals surface area contributed by atoms with E-state index in [-0.39, 0.29) is 12.5 Å². The van der Waals surface area contributed by atoms with Crippen molar-refractivity contribution in [2.24, 2.45) is 4.99 Å². The van der Waals surface area contributed by atoms with Gasteiger partial charge in [0.05, 0.1) is 0 Å². The lowest BCUT2D eigenvalue weighted by Gasteiger charge is -2.21. The van der Waals surface area contributed by atoms with Crippen LogP contribution in [0.25, 0.3) is 0 Å². The summed E-state index contributed by atoms with van der Waals surface area (Å²) in [6.07, 6.45) is 6.72. The van der Waals surface area contributed by atoms with E-state index in [2.05, 4.69) is 58.1 Å². The summed E-state index contributed by atoms with van der Waals surface area (Å²) in [5, 5.41) is 7.67. The van der Waals surface area contributed by atoms with Crippen LogP contribution in [0.15, 0.2) is 35.3 Å². The van der Waals surface area contributed by atoms with Crippen LogP contribution in [-0.2, 0) is 4.79 Å². The molecule has 0 aliphatic heterocycles. The van der Waals surface area contributed by atoms with Gasteiger partial charge in [-0.3, -0.25) is 4.79 Å². The second kappa shape index (κ2) is 11.8. The lowest BCUT2D eigenvalue weighted by molar-refractivity contribution is -0.127. The summed E-state index contributed by atoms with van der Waals surface area (Å²) < 4.78 is 0. The Kier molecular flexibility index (Phi) is 9.47. The molecule has 2 N–H and O–H groups in total. The Morgan fingerprint density at radius 1 is 1.21 bits per heavy atom. The summed E-state index contributed by atoms with van der Waals surface area (Å²) in [5.41, 5.74) is 1.22. The quantitative estimate of drug-likeness (QED) is 0.375. The first-order chi connectivity index (χ1) is 13.5. The number of anilines is 1. The monoisotopic (exact) mass is 405 g/mol. The van der Waals surface area contributed by atoms with Crippen molar-refractivity contribution in [3.63, 3.8) is 0 Å². The molecule has 2 atom stereocenters. The number of amides is 1. The van der Waals surface area contributed by atoms with Crippen LogP contribution in [0.3, 0.4) is 0 Å². The molecule has 0 spiro atoms. The van der Waals surface area contributed by atoms with E-state index in [1.165, 1.54) is 12.1 Å². The summed E-state index contributed by atoms with van der Waals surface area (Å²) >= 11 is 1.94. The van der Waals surface area contributed by atoms with Crippen LogP contribution >= 0.6 is 11.8 Å². The molecule has 7 heteroatoms. The molecule has 1 saturated carbocycles. The van der Waals surface area contributed by atoms with Crippen LogP contribution in [0.1, 0.15) is 25.7 Å². The molecule has 1 amide bonds. The summed E-state index contributed by atoms with van der Waals surface area (Å²) in [7, 11) is 5.63. The molecule has 0 radical (unpaired) electrons. The maximum absolute atomic E-state index is 11.9. The van der Waals surface area contributed by atoms with Gasteiger partial charge in [-0.25, -0.2) is 4.99 Å². The fourth-order valence-electron chi connectivity index (χ4n) is 3.25. The van der Waals surface area contributed by atoms with Crippen LogP contribution in [0, 0.1) is 0 Å². The van der Waals surface area contributed by atoms with Crippen LogP contribution in [0.2, 0.25) is 0 Å². The minimum absolute atomic E-state index is 0.0123.